The van der Waals surface area contributed by atoms with Crippen molar-refractivity contribution in [1.82, 2.24) is 5.32 Å². The standard InChI is InChI=1S/C26H41NO3S/c1-4-5-6-7-8-9-10-11-12-13-14-15-16-17-18-19-20-21-24(28)27-26(31,25(29)30)22-23(2)3/h5-6,8-9,11-12,14-15,17-18,23,31H,4,7,10,13,16,19-22H2,1-3H3,(H,27,28)(H,29,30)/b6-5-,9-8-,12-11-,15-14-,18-17-/t26-/m1/s1. The molecular weight excluding hydrogens is 406 g/mol. The molecule has 1 amide bonds. The highest BCUT2D eigenvalue weighted by Crippen LogP contribution is 2.22. The number of carboxylic acid groups (broad SMARTS) is 1. The predicted octanol–water partition coefficient (Wildman–Crippen LogP) is 6.78. The van der Waals surface area contributed by atoms with Crippen LogP contribution in [-0.4, -0.2) is 21.9 Å². The van der Waals surface area contributed by atoms with Crippen LogP contribution in [0.15, 0.2) is 60.8 Å². The molecule has 0 heterocycles. The molecule has 0 aliphatic carbocycles. The molecule has 0 spiro atoms. The van der Waals surface area contributed by atoms with Crippen molar-refractivity contribution in [1.29, 1.82) is 0 Å². The van der Waals surface area contributed by atoms with Crippen LogP contribution in [0.25, 0.3) is 0 Å². The van der Waals surface area contributed by atoms with Crippen molar-refractivity contribution in [2.45, 2.75) is 83.4 Å². The summed E-state index contributed by atoms with van der Waals surface area (Å²) in [6.45, 7) is 5.95. The Morgan fingerprint density at radius 2 is 1.32 bits per heavy atom. The van der Waals surface area contributed by atoms with Crippen molar-refractivity contribution in [3.63, 3.8) is 0 Å². The summed E-state index contributed by atoms with van der Waals surface area (Å²) in [7, 11) is 0. The molecule has 0 fully saturated rings. The number of allylic oxidation sites excluding steroid dienone is 10. The van der Waals surface area contributed by atoms with Crippen LogP contribution < -0.4 is 5.32 Å². The van der Waals surface area contributed by atoms with Gasteiger partial charge >= 0.3 is 5.97 Å². The fourth-order valence-electron chi connectivity index (χ4n) is 2.82. The van der Waals surface area contributed by atoms with E-state index in [0.717, 1.165) is 38.5 Å². The Balaban J connectivity index is 3.89. The van der Waals surface area contributed by atoms with Gasteiger partial charge < -0.3 is 10.4 Å². The quantitative estimate of drug-likeness (QED) is 0.0996. The zero-order valence-corrected chi connectivity index (χ0v) is 20.3. The second-order valence-corrected chi connectivity index (χ2v) is 8.68. The van der Waals surface area contributed by atoms with Gasteiger partial charge in [-0.2, -0.15) is 0 Å². The summed E-state index contributed by atoms with van der Waals surface area (Å²) < 4.78 is 0. The Morgan fingerprint density at radius 1 is 0.871 bits per heavy atom. The smallest absolute Gasteiger partial charge is 0.339 e. The van der Waals surface area contributed by atoms with E-state index < -0.39 is 10.8 Å². The molecule has 0 aliphatic heterocycles. The van der Waals surface area contributed by atoms with Gasteiger partial charge in [0.2, 0.25) is 5.91 Å². The topological polar surface area (TPSA) is 66.4 Å². The molecule has 4 nitrogen and oxygen atoms in total. The molecule has 174 valence electrons. The first-order chi connectivity index (χ1) is 14.8. The molecule has 0 saturated heterocycles. The highest BCUT2D eigenvalue weighted by molar-refractivity contribution is 7.82. The van der Waals surface area contributed by atoms with Gasteiger partial charge in [0.1, 0.15) is 0 Å². The lowest BCUT2D eigenvalue weighted by Crippen LogP contribution is -2.51. The van der Waals surface area contributed by atoms with Crippen molar-refractivity contribution in [3.8, 4) is 0 Å². The fourth-order valence-corrected chi connectivity index (χ4v) is 3.31. The number of carbonyl (C=O) groups excluding carboxylic acids is 1. The van der Waals surface area contributed by atoms with Crippen LogP contribution >= 0.6 is 12.6 Å². The van der Waals surface area contributed by atoms with E-state index in [4.69, 9.17) is 0 Å². The third-order valence-corrected chi connectivity index (χ3v) is 4.82. The monoisotopic (exact) mass is 447 g/mol. The van der Waals surface area contributed by atoms with Crippen molar-refractivity contribution in [2.75, 3.05) is 0 Å². The molecule has 0 aliphatic rings. The van der Waals surface area contributed by atoms with Crippen LogP contribution in [0.3, 0.4) is 0 Å². The maximum atomic E-state index is 12.0. The zero-order chi connectivity index (χ0) is 23.4. The van der Waals surface area contributed by atoms with E-state index in [1.54, 1.807) is 0 Å². The van der Waals surface area contributed by atoms with Gasteiger partial charge in [-0.15, -0.1) is 12.6 Å². The number of aliphatic carboxylic acids is 1. The summed E-state index contributed by atoms with van der Waals surface area (Å²) in [5.41, 5.74) is 0. The Bertz CT molecular complexity index is 647. The van der Waals surface area contributed by atoms with Gasteiger partial charge in [-0.05, 0) is 57.3 Å². The largest absolute Gasteiger partial charge is 0.479 e. The first kappa shape index (κ1) is 29.0. The number of hydrogen-bond donors (Lipinski definition) is 3. The molecule has 0 rings (SSSR count). The molecule has 0 radical (unpaired) electrons. The average Bonchev–Trinajstić information content (AvgIpc) is 2.69. The summed E-state index contributed by atoms with van der Waals surface area (Å²) in [5, 5.41) is 11.9. The highest BCUT2D eigenvalue weighted by atomic mass is 32.1. The van der Waals surface area contributed by atoms with E-state index in [2.05, 4.69) is 85.6 Å². The minimum Gasteiger partial charge on any atom is -0.479 e. The van der Waals surface area contributed by atoms with Crippen LogP contribution in [0, 0.1) is 5.92 Å². The third kappa shape index (κ3) is 17.4. The van der Waals surface area contributed by atoms with Crippen LogP contribution in [-0.2, 0) is 9.59 Å². The van der Waals surface area contributed by atoms with Gasteiger partial charge in [-0.3, -0.25) is 4.79 Å². The molecular formula is C26H41NO3S. The van der Waals surface area contributed by atoms with Gasteiger partial charge in [0, 0.05) is 6.42 Å². The van der Waals surface area contributed by atoms with E-state index >= 15 is 0 Å². The Morgan fingerprint density at radius 3 is 1.74 bits per heavy atom. The van der Waals surface area contributed by atoms with Crippen LogP contribution in [0.5, 0.6) is 0 Å². The van der Waals surface area contributed by atoms with E-state index in [1.807, 2.05) is 13.8 Å². The summed E-state index contributed by atoms with van der Waals surface area (Å²) >= 11 is 4.19. The number of carbonyl (C=O) groups is 2. The molecule has 31 heavy (non-hydrogen) atoms. The number of unbranched alkanes of at least 4 members (excludes halogenated alkanes) is 1. The number of rotatable bonds is 17. The Hall–Kier alpha value is -2.01. The second kappa shape index (κ2) is 18.7. The van der Waals surface area contributed by atoms with Gasteiger partial charge in [-0.25, -0.2) is 4.79 Å². The van der Waals surface area contributed by atoms with E-state index in [-0.39, 0.29) is 18.2 Å². The maximum Gasteiger partial charge on any atom is 0.339 e. The Kier molecular flexibility index (Phi) is 17.5. The molecule has 1 atom stereocenters. The molecule has 5 heteroatoms. The minimum absolute atomic E-state index is 0.121. The van der Waals surface area contributed by atoms with Crippen LogP contribution in [0.2, 0.25) is 0 Å². The molecule has 0 unspecified atom stereocenters. The van der Waals surface area contributed by atoms with Gasteiger partial charge in [0.05, 0.1) is 0 Å². The number of carboxylic acids is 1. The molecule has 0 aromatic rings. The summed E-state index contributed by atoms with van der Waals surface area (Å²) in [4.78, 5) is 21.9. The van der Waals surface area contributed by atoms with Gasteiger partial charge in [0.25, 0.3) is 0 Å². The summed E-state index contributed by atoms with van der Waals surface area (Å²) in [6.07, 6.45) is 28.4. The van der Waals surface area contributed by atoms with E-state index in [0.29, 0.717) is 12.8 Å². The van der Waals surface area contributed by atoms with Crippen molar-refractivity contribution < 1.29 is 14.7 Å². The highest BCUT2D eigenvalue weighted by Gasteiger charge is 2.36. The van der Waals surface area contributed by atoms with E-state index in [9.17, 15) is 14.7 Å². The molecule has 0 aromatic heterocycles. The average molecular weight is 448 g/mol. The van der Waals surface area contributed by atoms with Crippen LogP contribution in [0.4, 0.5) is 0 Å². The van der Waals surface area contributed by atoms with Crippen molar-refractivity contribution in [2.24, 2.45) is 5.92 Å². The summed E-state index contributed by atoms with van der Waals surface area (Å²) in [6, 6.07) is 0. The van der Waals surface area contributed by atoms with E-state index in [1.165, 1.54) is 0 Å². The Labute approximate surface area is 194 Å². The van der Waals surface area contributed by atoms with Gasteiger partial charge in [0.15, 0.2) is 4.87 Å². The SMILES string of the molecule is CC/C=C\C/C=C\C/C=C\C/C=C\C/C=C\CCCC(=O)N[C@@](S)(CC(C)C)C(=O)O. The first-order valence-electron chi connectivity index (χ1n) is 11.3. The molecule has 0 aromatic carbocycles. The third-order valence-electron chi connectivity index (χ3n) is 4.34. The lowest BCUT2D eigenvalue weighted by Gasteiger charge is -2.26. The molecule has 2 N–H and O–H groups in total. The van der Waals surface area contributed by atoms with Crippen molar-refractivity contribution >= 4 is 24.5 Å². The lowest BCUT2D eigenvalue weighted by molar-refractivity contribution is -0.143. The zero-order valence-electron chi connectivity index (χ0n) is 19.4. The number of amides is 1. The first-order valence-corrected chi connectivity index (χ1v) is 11.8. The summed E-state index contributed by atoms with van der Waals surface area (Å²) in [5.74, 6) is -1.27. The maximum absolute atomic E-state index is 12.0. The number of thiol groups is 1. The van der Waals surface area contributed by atoms with Crippen molar-refractivity contribution in [3.05, 3.63) is 60.8 Å². The normalized spacial score (nSPS) is 14.6. The minimum atomic E-state index is -1.50. The molecule has 0 bridgehead atoms. The van der Waals surface area contributed by atoms with Gasteiger partial charge in [-0.1, -0.05) is 81.5 Å². The second-order valence-electron chi connectivity index (χ2n) is 7.91. The predicted molar refractivity (Wildman–Crippen MR) is 135 cm³/mol. The number of nitrogens with one attached hydrogen (secondary N) is 1. The fraction of sp³-hybridized carbons (Fsp3) is 0.538. The lowest BCUT2D eigenvalue weighted by atomic mass is 10.0. The number of hydrogen-bond acceptors (Lipinski definition) is 3. The van der Waals surface area contributed by atoms with Crippen LogP contribution in [0.1, 0.15) is 78.6 Å². The molecule has 0 saturated carbocycles.